The molecule has 1 saturated carbocycles. The van der Waals surface area contributed by atoms with Crippen molar-refractivity contribution >= 4 is 23.1 Å². The second-order valence-corrected chi connectivity index (χ2v) is 8.01. The molecular formula is C23H21NO4S. The summed E-state index contributed by atoms with van der Waals surface area (Å²) in [6.45, 7) is 1.82. The summed E-state index contributed by atoms with van der Waals surface area (Å²) in [6.07, 6.45) is 2.17. The summed E-state index contributed by atoms with van der Waals surface area (Å²) in [5.41, 5.74) is 3.81. The molecule has 1 aliphatic rings. The number of ether oxygens (including phenoxy) is 2. The van der Waals surface area contributed by atoms with E-state index in [9.17, 15) is 9.59 Å². The van der Waals surface area contributed by atoms with E-state index in [0.29, 0.717) is 22.9 Å². The van der Waals surface area contributed by atoms with Crippen molar-refractivity contribution in [3.05, 3.63) is 70.1 Å². The molecule has 0 bridgehead atoms. The Hall–Kier alpha value is -2.99. The van der Waals surface area contributed by atoms with Gasteiger partial charge in [-0.1, -0.05) is 18.2 Å². The number of carbonyl (C=O) groups is 2. The van der Waals surface area contributed by atoms with Gasteiger partial charge in [-0.3, -0.25) is 4.79 Å². The molecule has 4 rings (SSSR count). The van der Waals surface area contributed by atoms with E-state index in [4.69, 9.17) is 9.47 Å². The molecule has 148 valence electrons. The fourth-order valence-corrected chi connectivity index (χ4v) is 3.96. The van der Waals surface area contributed by atoms with Gasteiger partial charge in [-0.25, -0.2) is 9.78 Å². The molecule has 0 spiro atoms. The van der Waals surface area contributed by atoms with Crippen LogP contribution < -0.4 is 4.74 Å². The van der Waals surface area contributed by atoms with Crippen LogP contribution in [0.5, 0.6) is 5.88 Å². The van der Waals surface area contributed by atoms with E-state index < -0.39 is 0 Å². The number of methoxy groups -OCH3 is 1. The molecule has 2 aromatic heterocycles. The minimum Gasteiger partial charge on any atom is -0.472 e. The summed E-state index contributed by atoms with van der Waals surface area (Å²) in [4.78, 5) is 29.7. The van der Waals surface area contributed by atoms with Gasteiger partial charge in [0.1, 0.15) is 6.61 Å². The molecule has 0 aliphatic heterocycles. The number of thiophene rings is 1. The number of esters is 1. The highest BCUT2D eigenvalue weighted by Crippen LogP contribution is 2.45. The van der Waals surface area contributed by atoms with Crippen LogP contribution >= 0.6 is 11.3 Å². The zero-order valence-corrected chi connectivity index (χ0v) is 17.1. The van der Waals surface area contributed by atoms with E-state index in [2.05, 4.69) is 4.98 Å². The van der Waals surface area contributed by atoms with Gasteiger partial charge in [-0.2, -0.15) is 0 Å². The Balaban J connectivity index is 1.64. The first-order valence-electron chi connectivity index (χ1n) is 9.46. The molecule has 3 aromatic rings. The van der Waals surface area contributed by atoms with E-state index in [1.807, 2.05) is 35.7 Å². The molecular weight excluding hydrogens is 386 g/mol. The third-order valence-electron chi connectivity index (χ3n) is 4.91. The van der Waals surface area contributed by atoms with Crippen molar-refractivity contribution in [2.45, 2.75) is 32.3 Å². The summed E-state index contributed by atoms with van der Waals surface area (Å²) >= 11 is 1.61. The Bertz CT molecular complexity index is 1040. The minimum atomic E-state index is -0.379. The third kappa shape index (κ3) is 4.22. The summed E-state index contributed by atoms with van der Waals surface area (Å²) in [7, 11) is 1.35. The van der Waals surface area contributed by atoms with Crippen LogP contribution in [-0.2, 0) is 11.3 Å². The van der Waals surface area contributed by atoms with Crippen LogP contribution in [0.15, 0.2) is 47.8 Å². The normalized spacial score (nSPS) is 13.2. The summed E-state index contributed by atoms with van der Waals surface area (Å²) in [5.74, 6) is 0.364. The zero-order chi connectivity index (χ0) is 20.4. The lowest BCUT2D eigenvalue weighted by Crippen LogP contribution is -2.08. The Morgan fingerprint density at radius 2 is 1.93 bits per heavy atom. The highest BCUT2D eigenvalue weighted by atomic mass is 32.1. The quantitative estimate of drug-likeness (QED) is 0.395. The topological polar surface area (TPSA) is 65.5 Å². The van der Waals surface area contributed by atoms with Gasteiger partial charge in [0.25, 0.3) is 0 Å². The van der Waals surface area contributed by atoms with Gasteiger partial charge < -0.3 is 9.47 Å². The van der Waals surface area contributed by atoms with E-state index in [-0.39, 0.29) is 18.4 Å². The highest BCUT2D eigenvalue weighted by molar-refractivity contribution is 7.13. The lowest BCUT2D eigenvalue weighted by molar-refractivity contribution is 0.0600. The van der Waals surface area contributed by atoms with E-state index in [0.717, 1.165) is 34.5 Å². The van der Waals surface area contributed by atoms with Gasteiger partial charge in [-0.05, 0) is 66.5 Å². The molecule has 29 heavy (non-hydrogen) atoms. The van der Waals surface area contributed by atoms with Crippen molar-refractivity contribution in [1.29, 1.82) is 0 Å². The fraction of sp³-hybridized carbons (Fsp3) is 0.261. The van der Waals surface area contributed by atoms with E-state index >= 15 is 0 Å². The van der Waals surface area contributed by atoms with Gasteiger partial charge in [0.05, 0.1) is 28.8 Å². The maximum atomic E-state index is 12.4. The summed E-state index contributed by atoms with van der Waals surface area (Å²) < 4.78 is 10.7. The summed E-state index contributed by atoms with van der Waals surface area (Å²) in [6, 6.07) is 13.1. The molecule has 6 heteroatoms. The Labute approximate surface area is 173 Å². The molecule has 0 unspecified atom stereocenters. The van der Waals surface area contributed by atoms with E-state index in [1.165, 1.54) is 7.11 Å². The average Bonchev–Trinajstić information content (AvgIpc) is 3.44. The molecule has 1 aromatic carbocycles. The SMILES string of the molecule is COC(=O)c1ccc(COc2nc(-c3cccs3)cc(C3CC3)c2C(C)=O)cc1. The second kappa shape index (κ2) is 8.17. The molecule has 1 aliphatic carbocycles. The molecule has 0 saturated heterocycles. The number of nitrogens with zero attached hydrogens (tertiary/aromatic N) is 1. The lowest BCUT2D eigenvalue weighted by Gasteiger charge is -2.15. The maximum absolute atomic E-state index is 12.4. The maximum Gasteiger partial charge on any atom is 0.337 e. The van der Waals surface area contributed by atoms with Crippen LogP contribution in [0.1, 0.15) is 57.5 Å². The second-order valence-electron chi connectivity index (χ2n) is 7.06. The van der Waals surface area contributed by atoms with Crippen molar-refractivity contribution < 1.29 is 19.1 Å². The number of hydrogen-bond donors (Lipinski definition) is 0. The number of carbonyl (C=O) groups excluding carboxylic acids is 2. The summed E-state index contributed by atoms with van der Waals surface area (Å²) in [5, 5.41) is 2.01. The van der Waals surface area contributed by atoms with Crippen LogP contribution in [0.2, 0.25) is 0 Å². The van der Waals surface area contributed by atoms with Crippen LogP contribution in [0.4, 0.5) is 0 Å². The molecule has 2 heterocycles. The van der Waals surface area contributed by atoms with Gasteiger partial charge >= 0.3 is 5.97 Å². The van der Waals surface area contributed by atoms with Crippen molar-refractivity contribution in [2.75, 3.05) is 7.11 Å². The Morgan fingerprint density at radius 3 is 2.52 bits per heavy atom. The monoisotopic (exact) mass is 407 g/mol. The van der Waals surface area contributed by atoms with Crippen LogP contribution in [-0.4, -0.2) is 23.8 Å². The zero-order valence-electron chi connectivity index (χ0n) is 16.3. The van der Waals surface area contributed by atoms with Crippen LogP contribution in [0, 0.1) is 0 Å². The first kappa shape index (κ1) is 19.3. The number of hydrogen-bond acceptors (Lipinski definition) is 6. The largest absolute Gasteiger partial charge is 0.472 e. The number of ketones is 1. The molecule has 5 nitrogen and oxygen atoms in total. The number of aromatic nitrogens is 1. The van der Waals surface area contributed by atoms with Crippen LogP contribution in [0.25, 0.3) is 10.6 Å². The number of rotatable bonds is 7. The molecule has 0 N–H and O–H groups in total. The molecule has 0 radical (unpaired) electrons. The Kier molecular flexibility index (Phi) is 5.45. The predicted molar refractivity (Wildman–Crippen MR) is 112 cm³/mol. The predicted octanol–water partition coefficient (Wildman–Crippen LogP) is 5.26. The standard InChI is InChI=1S/C23H21NO4S/c1-14(25)21-18(16-9-10-16)12-19(20-4-3-11-29-20)24-22(21)28-13-15-5-7-17(8-6-15)23(26)27-2/h3-8,11-12,16H,9-10,13H2,1-2H3. The number of benzene rings is 1. The smallest absolute Gasteiger partial charge is 0.337 e. The third-order valence-corrected chi connectivity index (χ3v) is 5.80. The van der Waals surface area contributed by atoms with Crippen molar-refractivity contribution in [1.82, 2.24) is 4.98 Å². The lowest BCUT2D eigenvalue weighted by atomic mass is 10.0. The number of Topliss-reactive ketones (excluding diaryl/α,β-unsaturated/α-hetero) is 1. The van der Waals surface area contributed by atoms with Crippen molar-refractivity contribution in [2.24, 2.45) is 0 Å². The van der Waals surface area contributed by atoms with Crippen molar-refractivity contribution in [3.63, 3.8) is 0 Å². The van der Waals surface area contributed by atoms with Gasteiger partial charge in [0.2, 0.25) is 5.88 Å². The van der Waals surface area contributed by atoms with Gasteiger partial charge in [0.15, 0.2) is 5.78 Å². The molecule has 0 amide bonds. The fourth-order valence-electron chi connectivity index (χ4n) is 3.27. The van der Waals surface area contributed by atoms with Crippen LogP contribution in [0.3, 0.4) is 0 Å². The van der Waals surface area contributed by atoms with Gasteiger partial charge in [-0.15, -0.1) is 11.3 Å². The van der Waals surface area contributed by atoms with E-state index in [1.54, 1.807) is 30.4 Å². The highest BCUT2D eigenvalue weighted by Gasteiger charge is 2.31. The molecule has 0 atom stereocenters. The Morgan fingerprint density at radius 1 is 1.17 bits per heavy atom. The first-order chi connectivity index (χ1) is 14.1. The first-order valence-corrected chi connectivity index (χ1v) is 10.3. The van der Waals surface area contributed by atoms with Gasteiger partial charge in [0, 0.05) is 0 Å². The molecule has 1 fully saturated rings. The van der Waals surface area contributed by atoms with Crippen molar-refractivity contribution in [3.8, 4) is 16.5 Å². The number of pyridine rings is 1. The minimum absolute atomic E-state index is 0.0341. The average molecular weight is 407 g/mol.